The number of fused-ring (bicyclic) bond motifs is 1. The summed E-state index contributed by atoms with van der Waals surface area (Å²) in [5, 5.41) is 8.22. The highest BCUT2D eigenvalue weighted by Gasteiger charge is 2.20. The Hall–Kier alpha value is -3.74. The lowest BCUT2D eigenvalue weighted by atomic mass is 10.0. The van der Waals surface area contributed by atoms with E-state index in [2.05, 4.69) is 15.4 Å². The number of halogens is 1. The van der Waals surface area contributed by atoms with Crippen LogP contribution in [0.5, 0.6) is 5.88 Å². The average molecular weight is 418 g/mol. The summed E-state index contributed by atoms with van der Waals surface area (Å²) in [4.78, 5) is 17.2. The molecule has 0 bridgehead atoms. The summed E-state index contributed by atoms with van der Waals surface area (Å²) in [6.45, 7) is 6.24. The molecule has 2 heterocycles. The van der Waals surface area contributed by atoms with Crippen molar-refractivity contribution in [3.63, 3.8) is 0 Å². The number of hydrogen-bond acceptors (Lipinski definition) is 4. The quantitative estimate of drug-likeness (QED) is 0.480. The molecule has 0 saturated carbocycles. The van der Waals surface area contributed by atoms with Crippen molar-refractivity contribution in [2.24, 2.45) is 0 Å². The molecule has 0 spiro atoms. The zero-order valence-corrected chi connectivity index (χ0v) is 17.6. The molecule has 1 N–H and O–H groups in total. The Morgan fingerprint density at radius 2 is 1.94 bits per heavy atom. The van der Waals surface area contributed by atoms with Crippen LogP contribution in [0.2, 0.25) is 0 Å². The summed E-state index contributed by atoms with van der Waals surface area (Å²) >= 11 is 0. The summed E-state index contributed by atoms with van der Waals surface area (Å²) in [6, 6.07) is 17.5. The van der Waals surface area contributed by atoms with E-state index in [9.17, 15) is 9.18 Å². The van der Waals surface area contributed by atoms with Gasteiger partial charge in [-0.1, -0.05) is 36.4 Å². The molecule has 7 heteroatoms. The van der Waals surface area contributed by atoms with Gasteiger partial charge in [0, 0.05) is 18.3 Å². The second-order valence-corrected chi connectivity index (χ2v) is 7.23. The van der Waals surface area contributed by atoms with Gasteiger partial charge in [-0.05, 0) is 50.1 Å². The van der Waals surface area contributed by atoms with Gasteiger partial charge in [0.05, 0.1) is 11.1 Å². The SMILES string of the molecule is CCn1nc(C)c2c(-c3ccccc3)cc(OC(C)C(=O)Nc3cccc(F)c3)nc21. The van der Waals surface area contributed by atoms with Gasteiger partial charge in [0.15, 0.2) is 11.8 Å². The highest BCUT2D eigenvalue weighted by atomic mass is 19.1. The maximum Gasteiger partial charge on any atom is 0.265 e. The fourth-order valence-electron chi connectivity index (χ4n) is 3.50. The fraction of sp³-hybridized carbons (Fsp3) is 0.208. The average Bonchev–Trinajstić information content (AvgIpc) is 3.09. The number of ether oxygens (including phenoxy) is 1. The minimum atomic E-state index is -0.837. The molecule has 1 amide bonds. The number of benzene rings is 2. The highest BCUT2D eigenvalue weighted by molar-refractivity contribution is 5.96. The standard InChI is InChI=1S/C24H23FN4O2/c1-4-29-23-22(15(2)28-29)20(17-9-6-5-7-10-17)14-21(27-23)31-16(3)24(30)26-19-12-8-11-18(25)13-19/h5-14,16H,4H2,1-3H3,(H,26,30). The molecule has 0 aliphatic heterocycles. The highest BCUT2D eigenvalue weighted by Crippen LogP contribution is 2.33. The molecule has 2 aromatic carbocycles. The van der Waals surface area contributed by atoms with Crippen LogP contribution < -0.4 is 10.1 Å². The van der Waals surface area contributed by atoms with Crippen molar-refractivity contribution in [3.8, 4) is 17.0 Å². The molecule has 0 radical (unpaired) electrons. The molecule has 4 rings (SSSR count). The lowest BCUT2D eigenvalue weighted by molar-refractivity contribution is -0.122. The van der Waals surface area contributed by atoms with Gasteiger partial charge in [-0.15, -0.1) is 0 Å². The molecule has 31 heavy (non-hydrogen) atoms. The van der Waals surface area contributed by atoms with Gasteiger partial charge >= 0.3 is 0 Å². The van der Waals surface area contributed by atoms with Crippen LogP contribution in [-0.2, 0) is 11.3 Å². The van der Waals surface area contributed by atoms with E-state index >= 15 is 0 Å². The normalized spacial score (nSPS) is 12.0. The first kappa shape index (κ1) is 20.5. The lowest BCUT2D eigenvalue weighted by Crippen LogP contribution is -2.30. The van der Waals surface area contributed by atoms with Crippen molar-refractivity contribution in [2.75, 3.05) is 5.32 Å². The van der Waals surface area contributed by atoms with E-state index < -0.39 is 17.8 Å². The van der Waals surface area contributed by atoms with Crippen LogP contribution in [0.15, 0.2) is 60.7 Å². The van der Waals surface area contributed by atoms with Gasteiger partial charge in [-0.25, -0.2) is 9.07 Å². The third-order valence-electron chi connectivity index (χ3n) is 5.00. The number of amides is 1. The van der Waals surface area contributed by atoms with Crippen LogP contribution in [0.4, 0.5) is 10.1 Å². The zero-order valence-electron chi connectivity index (χ0n) is 17.6. The van der Waals surface area contributed by atoms with E-state index in [1.165, 1.54) is 18.2 Å². The van der Waals surface area contributed by atoms with Crippen LogP contribution in [0.1, 0.15) is 19.5 Å². The Morgan fingerprint density at radius 1 is 1.16 bits per heavy atom. The molecule has 1 atom stereocenters. The Balaban J connectivity index is 1.68. The molecule has 0 aliphatic rings. The predicted octanol–water partition coefficient (Wildman–Crippen LogP) is 4.97. The van der Waals surface area contributed by atoms with Crippen molar-refractivity contribution < 1.29 is 13.9 Å². The van der Waals surface area contributed by atoms with Gasteiger partial charge < -0.3 is 10.1 Å². The van der Waals surface area contributed by atoms with Crippen molar-refractivity contribution in [1.29, 1.82) is 0 Å². The molecular weight excluding hydrogens is 395 g/mol. The van der Waals surface area contributed by atoms with E-state index in [0.29, 0.717) is 23.8 Å². The van der Waals surface area contributed by atoms with E-state index in [0.717, 1.165) is 22.2 Å². The maximum atomic E-state index is 13.4. The lowest BCUT2D eigenvalue weighted by Gasteiger charge is -2.15. The number of rotatable bonds is 6. The molecule has 0 aliphatic carbocycles. The molecular formula is C24H23FN4O2. The number of nitrogens with one attached hydrogen (secondary N) is 1. The van der Waals surface area contributed by atoms with E-state index in [4.69, 9.17) is 4.74 Å². The van der Waals surface area contributed by atoms with Crippen LogP contribution in [0.25, 0.3) is 22.2 Å². The van der Waals surface area contributed by atoms with Gasteiger partial charge in [0.2, 0.25) is 5.88 Å². The number of nitrogens with zero attached hydrogens (tertiary/aromatic N) is 3. The Morgan fingerprint density at radius 3 is 2.65 bits per heavy atom. The van der Waals surface area contributed by atoms with Crippen LogP contribution in [0, 0.1) is 12.7 Å². The van der Waals surface area contributed by atoms with Crippen LogP contribution >= 0.6 is 0 Å². The molecule has 1 unspecified atom stereocenters. The number of carbonyl (C=O) groups excluding carboxylic acids is 1. The third-order valence-corrected chi connectivity index (χ3v) is 5.00. The Kier molecular flexibility index (Phi) is 5.66. The number of pyridine rings is 1. The smallest absolute Gasteiger partial charge is 0.265 e. The predicted molar refractivity (Wildman–Crippen MR) is 118 cm³/mol. The molecule has 0 fully saturated rings. The number of anilines is 1. The largest absolute Gasteiger partial charge is 0.464 e. The number of aromatic nitrogens is 3. The first-order valence-corrected chi connectivity index (χ1v) is 10.1. The minimum Gasteiger partial charge on any atom is -0.464 e. The topological polar surface area (TPSA) is 69.0 Å². The molecule has 2 aromatic heterocycles. The summed E-state index contributed by atoms with van der Waals surface area (Å²) in [5.41, 5.74) is 3.90. The van der Waals surface area contributed by atoms with Gasteiger partial charge in [-0.3, -0.25) is 4.79 Å². The minimum absolute atomic E-state index is 0.322. The van der Waals surface area contributed by atoms with Crippen molar-refractivity contribution >= 4 is 22.6 Å². The first-order chi connectivity index (χ1) is 15.0. The van der Waals surface area contributed by atoms with Crippen LogP contribution in [0.3, 0.4) is 0 Å². The van der Waals surface area contributed by atoms with E-state index in [1.807, 2.05) is 54.9 Å². The van der Waals surface area contributed by atoms with E-state index in [1.54, 1.807) is 13.0 Å². The summed E-state index contributed by atoms with van der Waals surface area (Å²) in [5.74, 6) is -0.494. The summed E-state index contributed by atoms with van der Waals surface area (Å²) < 4.78 is 21.1. The maximum absolute atomic E-state index is 13.4. The Labute approximate surface area is 179 Å². The number of aryl methyl sites for hydroxylation is 2. The van der Waals surface area contributed by atoms with Gasteiger partial charge in [0.25, 0.3) is 5.91 Å². The summed E-state index contributed by atoms with van der Waals surface area (Å²) in [7, 11) is 0. The molecule has 6 nitrogen and oxygen atoms in total. The number of hydrogen-bond donors (Lipinski definition) is 1. The summed E-state index contributed by atoms with van der Waals surface area (Å²) in [6.07, 6.45) is -0.837. The third kappa shape index (κ3) is 4.26. The van der Waals surface area contributed by atoms with Gasteiger partial charge in [0.1, 0.15) is 5.82 Å². The fourth-order valence-corrected chi connectivity index (χ4v) is 3.50. The second-order valence-electron chi connectivity index (χ2n) is 7.23. The molecule has 0 saturated heterocycles. The zero-order chi connectivity index (χ0) is 22.0. The first-order valence-electron chi connectivity index (χ1n) is 10.1. The van der Waals surface area contributed by atoms with Crippen LogP contribution in [-0.4, -0.2) is 26.8 Å². The molecule has 4 aromatic rings. The van der Waals surface area contributed by atoms with Crippen molar-refractivity contribution in [1.82, 2.24) is 14.8 Å². The number of carbonyl (C=O) groups is 1. The van der Waals surface area contributed by atoms with Crippen molar-refractivity contribution in [2.45, 2.75) is 33.4 Å². The molecule has 158 valence electrons. The van der Waals surface area contributed by atoms with E-state index in [-0.39, 0.29) is 0 Å². The Bertz CT molecular complexity index is 1240. The van der Waals surface area contributed by atoms with Gasteiger partial charge in [-0.2, -0.15) is 10.1 Å². The second kappa shape index (κ2) is 8.55. The van der Waals surface area contributed by atoms with Crippen molar-refractivity contribution in [3.05, 3.63) is 72.2 Å². The monoisotopic (exact) mass is 418 g/mol.